The number of esters is 3. The topological polar surface area (TPSA) is 156 Å². The fourth-order valence-corrected chi connectivity index (χ4v) is 4.02. The Morgan fingerprint density at radius 1 is 0.900 bits per heavy atom. The Morgan fingerprint density at radius 2 is 1.55 bits per heavy atom. The van der Waals surface area contributed by atoms with E-state index in [1.807, 2.05) is 0 Å². The molecule has 0 saturated carbocycles. The van der Waals surface area contributed by atoms with Crippen molar-refractivity contribution in [3.63, 3.8) is 0 Å². The van der Waals surface area contributed by atoms with Crippen LogP contribution < -0.4 is 10.1 Å². The fraction of sp³-hybridized carbons (Fsp3) is 0.357. The van der Waals surface area contributed by atoms with E-state index in [9.17, 15) is 24.0 Å². The first kappa shape index (κ1) is 30.0. The molecule has 0 bridgehead atoms. The van der Waals surface area contributed by atoms with E-state index in [1.165, 1.54) is 32.3 Å². The zero-order valence-electron chi connectivity index (χ0n) is 22.4. The Kier molecular flexibility index (Phi) is 10.5. The Bertz CT molecular complexity index is 1260. The minimum atomic E-state index is -1.30. The SMILES string of the molecule is CC(=O)NC1C(Oc2ccccc2C=CC(=O)c2ccncc2)OC(COC(C)=O)C(OC(C)=O)C1OC(C)=O. The molecule has 0 aliphatic carbocycles. The average Bonchev–Trinajstić information content (AvgIpc) is 2.90. The Balaban J connectivity index is 1.97. The Morgan fingerprint density at radius 3 is 2.17 bits per heavy atom. The summed E-state index contributed by atoms with van der Waals surface area (Å²) in [4.78, 5) is 64.1. The molecule has 1 N–H and O–H groups in total. The van der Waals surface area contributed by atoms with Crippen LogP contribution in [0.3, 0.4) is 0 Å². The molecule has 40 heavy (non-hydrogen) atoms. The number of amides is 1. The highest BCUT2D eigenvalue weighted by atomic mass is 16.7. The average molecular weight is 555 g/mol. The standard InChI is InChI=1S/C28H30N2O10/c1-16(31)30-25-27(38-19(4)34)26(37-18(3)33)24(15-36-17(2)32)40-28(25)39-23-8-6-5-7-21(23)9-10-22(35)20-11-13-29-14-12-20/h5-14,24-28H,15H2,1-4H3,(H,30,31). The first-order chi connectivity index (χ1) is 19.0. The van der Waals surface area contributed by atoms with Gasteiger partial charge in [-0.05, 0) is 30.4 Å². The maximum Gasteiger partial charge on any atom is 0.303 e. The molecule has 1 aromatic heterocycles. The van der Waals surface area contributed by atoms with E-state index in [0.717, 1.165) is 13.8 Å². The van der Waals surface area contributed by atoms with Gasteiger partial charge in [-0.3, -0.25) is 29.0 Å². The van der Waals surface area contributed by atoms with Crippen LogP contribution in [0.25, 0.3) is 6.08 Å². The summed E-state index contributed by atoms with van der Waals surface area (Å²) in [6.45, 7) is 4.38. The zero-order chi connectivity index (χ0) is 29.2. The van der Waals surface area contributed by atoms with Gasteiger partial charge < -0.3 is 29.0 Å². The lowest BCUT2D eigenvalue weighted by Gasteiger charge is -2.44. The number of nitrogens with one attached hydrogen (secondary N) is 1. The first-order valence-corrected chi connectivity index (χ1v) is 12.3. The molecule has 12 nitrogen and oxygen atoms in total. The first-order valence-electron chi connectivity index (χ1n) is 12.3. The third kappa shape index (κ3) is 8.46. The van der Waals surface area contributed by atoms with Crippen LogP contribution in [0, 0.1) is 0 Å². The van der Waals surface area contributed by atoms with Crippen molar-refractivity contribution in [3.05, 3.63) is 66.0 Å². The van der Waals surface area contributed by atoms with Crippen molar-refractivity contribution in [1.29, 1.82) is 0 Å². The molecular weight excluding hydrogens is 524 g/mol. The van der Waals surface area contributed by atoms with E-state index in [0.29, 0.717) is 11.1 Å². The zero-order valence-corrected chi connectivity index (χ0v) is 22.4. The fourth-order valence-electron chi connectivity index (χ4n) is 4.02. The lowest BCUT2D eigenvalue weighted by atomic mass is 9.96. The molecule has 5 atom stereocenters. The number of carbonyl (C=O) groups excluding carboxylic acids is 5. The van der Waals surface area contributed by atoms with E-state index < -0.39 is 54.5 Å². The van der Waals surface area contributed by atoms with Gasteiger partial charge in [0.25, 0.3) is 0 Å². The molecule has 0 spiro atoms. The molecule has 1 amide bonds. The highest BCUT2D eigenvalue weighted by molar-refractivity contribution is 6.06. The number of ether oxygens (including phenoxy) is 5. The van der Waals surface area contributed by atoms with Crippen LogP contribution in [0.4, 0.5) is 0 Å². The summed E-state index contributed by atoms with van der Waals surface area (Å²) >= 11 is 0. The maximum absolute atomic E-state index is 12.6. The normalized spacial score (nSPS) is 22.1. The number of hydrogen-bond acceptors (Lipinski definition) is 11. The molecule has 1 aliphatic rings. The van der Waals surface area contributed by atoms with Gasteiger partial charge in [-0.2, -0.15) is 0 Å². The van der Waals surface area contributed by atoms with Gasteiger partial charge >= 0.3 is 17.9 Å². The number of benzene rings is 1. The summed E-state index contributed by atoms with van der Waals surface area (Å²) < 4.78 is 28.2. The van der Waals surface area contributed by atoms with Crippen LogP contribution >= 0.6 is 0 Å². The molecule has 3 rings (SSSR count). The molecule has 5 unspecified atom stereocenters. The number of carbonyl (C=O) groups is 5. The largest absolute Gasteiger partial charge is 0.463 e. The van der Waals surface area contributed by atoms with Gasteiger partial charge in [0, 0.05) is 51.2 Å². The third-order valence-corrected chi connectivity index (χ3v) is 5.61. The van der Waals surface area contributed by atoms with Gasteiger partial charge in [0.15, 0.2) is 18.0 Å². The lowest BCUT2D eigenvalue weighted by molar-refractivity contribution is -0.257. The second kappa shape index (κ2) is 14.0. The van der Waals surface area contributed by atoms with E-state index in [-0.39, 0.29) is 18.1 Å². The van der Waals surface area contributed by atoms with E-state index >= 15 is 0 Å². The number of para-hydroxylation sites is 1. The van der Waals surface area contributed by atoms with Crippen LogP contribution in [-0.2, 0) is 38.1 Å². The van der Waals surface area contributed by atoms with Gasteiger partial charge in [-0.1, -0.05) is 18.2 Å². The van der Waals surface area contributed by atoms with Gasteiger partial charge in [0.2, 0.25) is 12.2 Å². The van der Waals surface area contributed by atoms with Crippen molar-refractivity contribution in [2.75, 3.05) is 6.61 Å². The summed E-state index contributed by atoms with van der Waals surface area (Å²) in [5.41, 5.74) is 0.942. The molecular formula is C28H30N2O10. The monoisotopic (exact) mass is 554 g/mol. The van der Waals surface area contributed by atoms with Gasteiger partial charge in [0.05, 0.1) is 0 Å². The van der Waals surface area contributed by atoms with Crippen molar-refractivity contribution in [1.82, 2.24) is 10.3 Å². The van der Waals surface area contributed by atoms with Gasteiger partial charge in [-0.15, -0.1) is 0 Å². The summed E-state index contributed by atoms with van der Waals surface area (Å²) in [6, 6.07) is 8.76. The highest BCUT2D eigenvalue weighted by Crippen LogP contribution is 2.30. The second-order valence-electron chi connectivity index (χ2n) is 8.81. The molecule has 0 radical (unpaired) electrons. The third-order valence-electron chi connectivity index (χ3n) is 5.61. The summed E-state index contributed by atoms with van der Waals surface area (Å²) in [6.07, 6.45) is 1.01. The highest BCUT2D eigenvalue weighted by Gasteiger charge is 2.52. The number of hydrogen-bond donors (Lipinski definition) is 1. The summed E-state index contributed by atoms with van der Waals surface area (Å²) in [5, 5.41) is 2.64. The van der Waals surface area contributed by atoms with Crippen LogP contribution in [0.5, 0.6) is 5.75 Å². The number of aromatic nitrogens is 1. The molecule has 212 valence electrons. The van der Waals surface area contributed by atoms with Crippen LogP contribution in [-0.4, -0.2) is 71.8 Å². The minimum absolute atomic E-state index is 0.261. The second-order valence-corrected chi connectivity index (χ2v) is 8.81. The van der Waals surface area contributed by atoms with E-state index in [1.54, 1.807) is 42.5 Å². The van der Waals surface area contributed by atoms with Crippen molar-refractivity contribution in [3.8, 4) is 5.75 Å². The number of pyridine rings is 1. The van der Waals surface area contributed by atoms with Gasteiger partial charge in [-0.25, -0.2) is 0 Å². The van der Waals surface area contributed by atoms with Crippen molar-refractivity contribution in [2.45, 2.75) is 58.3 Å². The number of allylic oxidation sites excluding steroid dienone is 1. The molecule has 2 aromatic rings. The smallest absolute Gasteiger partial charge is 0.303 e. The predicted octanol–water partition coefficient (Wildman–Crippen LogP) is 2.01. The number of ketones is 1. The molecule has 1 saturated heterocycles. The summed E-state index contributed by atoms with van der Waals surface area (Å²) in [5.74, 6) is -2.56. The van der Waals surface area contributed by atoms with Crippen LogP contribution in [0.1, 0.15) is 43.6 Å². The van der Waals surface area contributed by atoms with E-state index in [4.69, 9.17) is 23.7 Å². The quantitative estimate of drug-likeness (QED) is 0.198. The van der Waals surface area contributed by atoms with Crippen LogP contribution in [0.2, 0.25) is 0 Å². The molecule has 1 aromatic carbocycles. The Labute approximate surface area is 230 Å². The molecule has 12 heteroatoms. The molecule has 1 aliphatic heterocycles. The number of nitrogens with zero attached hydrogens (tertiary/aromatic N) is 1. The van der Waals surface area contributed by atoms with E-state index in [2.05, 4.69) is 10.3 Å². The molecule has 2 heterocycles. The lowest BCUT2D eigenvalue weighted by Crippen LogP contribution is -2.67. The Hall–Kier alpha value is -4.58. The summed E-state index contributed by atoms with van der Waals surface area (Å²) in [7, 11) is 0. The van der Waals surface area contributed by atoms with Crippen molar-refractivity contribution >= 4 is 35.7 Å². The molecule has 1 fully saturated rings. The van der Waals surface area contributed by atoms with Crippen LogP contribution in [0.15, 0.2) is 54.9 Å². The predicted molar refractivity (Wildman–Crippen MR) is 139 cm³/mol. The number of rotatable bonds is 10. The van der Waals surface area contributed by atoms with Crippen molar-refractivity contribution in [2.24, 2.45) is 0 Å². The maximum atomic E-state index is 12.6. The van der Waals surface area contributed by atoms with Crippen molar-refractivity contribution < 1.29 is 47.7 Å². The minimum Gasteiger partial charge on any atom is -0.463 e. The van der Waals surface area contributed by atoms with Gasteiger partial charge in [0.1, 0.15) is 24.5 Å².